The lowest BCUT2D eigenvalue weighted by molar-refractivity contribution is -0.129. The molecule has 1 aromatic rings. The summed E-state index contributed by atoms with van der Waals surface area (Å²) in [5, 5.41) is 0. The van der Waals surface area contributed by atoms with Gasteiger partial charge in [0.2, 0.25) is 0 Å². The molecule has 1 aromatic carbocycles. The fourth-order valence-electron chi connectivity index (χ4n) is 5.15. The third-order valence-electron chi connectivity index (χ3n) is 6.45. The number of rotatable bonds is 10. The molecule has 174 valence electrons. The second-order valence-corrected chi connectivity index (χ2v) is 9.29. The van der Waals surface area contributed by atoms with Crippen LogP contribution in [-0.2, 0) is 22.4 Å². The van der Waals surface area contributed by atoms with E-state index in [0.29, 0.717) is 12.3 Å². The van der Waals surface area contributed by atoms with Crippen LogP contribution in [0.3, 0.4) is 0 Å². The van der Waals surface area contributed by atoms with Crippen LogP contribution in [-0.4, -0.2) is 17.3 Å². The number of ketones is 3. The Balaban J connectivity index is 0.00000151. The van der Waals surface area contributed by atoms with E-state index in [0.717, 1.165) is 49.7 Å². The lowest BCUT2D eigenvalue weighted by Gasteiger charge is -2.32. The van der Waals surface area contributed by atoms with Gasteiger partial charge in [0.25, 0.3) is 0 Å². The summed E-state index contributed by atoms with van der Waals surface area (Å²) in [4.78, 5) is 37.0. The fourth-order valence-corrected chi connectivity index (χ4v) is 5.15. The molecular weight excluding hydrogens is 384 g/mol. The number of Topliss-reactive ketones (excluding diaryl/α,β-unsaturated/α-hetero) is 3. The molecule has 0 radical (unpaired) electrons. The molecule has 0 heterocycles. The van der Waals surface area contributed by atoms with Gasteiger partial charge in [-0.25, -0.2) is 0 Å². The van der Waals surface area contributed by atoms with Crippen LogP contribution in [0, 0.1) is 24.7 Å². The first-order valence-electron chi connectivity index (χ1n) is 12.4. The molecule has 0 N–H and O–H groups in total. The molecule has 2 rings (SSSR count). The molecule has 3 atom stereocenters. The monoisotopic (exact) mass is 428 g/mol. The normalized spacial score (nSPS) is 17.3. The molecule has 0 aromatic heterocycles. The van der Waals surface area contributed by atoms with Gasteiger partial charge in [-0.1, -0.05) is 66.0 Å². The van der Waals surface area contributed by atoms with Crippen molar-refractivity contribution in [2.75, 3.05) is 0 Å². The van der Waals surface area contributed by atoms with Gasteiger partial charge in [0, 0.05) is 17.9 Å². The number of carbonyl (C=O) groups excluding carboxylic acids is 3. The van der Waals surface area contributed by atoms with E-state index in [4.69, 9.17) is 0 Å². The van der Waals surface area contributed by atoms with E-state index in [1.165, 1.54) is 24.5 Å². The molecule has 0 spiro atoms. The van der Waals surface area contributed by atoms with Crippen LogP contribution in [0.4, 0.5) is 0 Å². The van der Waals surface area contributed by atoms with Gasteiger partial charge in [-0.2, -0.15) is 0 Å². The van der Waals surface area contributed by atoms with Crippen molar-refractivity contribution in [1.82, 2.24) is 0 Å². The zero-order valence-corrected chi connectivity index (χ0v) is 21.0. The molecule has 1 aliphatic rings. The molecule has 3 unspecified atom stereocenters. The van der Waals surface area contributed by atoms with Crippen molar-refractivity contribution in [3.05, 3.63) is 34.4 Å². The zero-order chi connectivity index (χ0) is 23.6. The molecule has 0 fully saturated rings. The summed E-state index contributed by atoms with van der Waals surface area (Å²) in [6, 6.07) is 4.30. The summed E-state index contributed by atoms with van der Waals surface area (Å²) in [6.45, 7) is 14.1. The number of hydrogen-bond donors (Lipinski definition) is 0. The Morgan fingerprint density at radius 3 is 2.23 bits per heavy atom. The van der Waals surface area contributed by atoms with Crippen LogP contribution in [0.15, 0.2) is 12.1 Å². The van der Waals surface area contributed by atoms with Gasteiger partial charge < -0.3 is 0 Å². The van der Waals surface area contributed by atoms with Crippen molar-refractivity contribution >= 4 is 17.3 Å². The molecule has 3 heteroatoms. The largest absolute Gasteiger partial charge is 0.300 e. The van der Waals surface area contributed by atoms with Crippen molar-refractivity contribution in [2.45, 2.75) is 106 Å². The second-order valence-electron chi connectivity index (χ2n) is 9.29. The average molecular weight is 429 g/mol. The van der Waals surface area contributed by atoms with Crippen molar-refractivity contribution in [2.24, 2.45) is 17.8 Å². The number of benzene rings is 1. The van der Waals surface area contributed by atoms with Gasteiger partial charge in [-0.05, 0) is 68.1 Å². The van der Waals surface area contributed by atoms with Gasteiger partial charge in [0.05, 0.1) is 6.42 Å². The minimum atomic E-state index is -0.0652. The molecule has 0 amide bonds. The van der Waals surface area contributed by atoms with Gasteiger partial charge in [-0.15, -0.1) is 0 Å². The van der Waals surface area contributed by atoms with Gasteiger partial charge in [-0.3, -0.25) is 14.4 Å². The Morgan fingerprint density at radius 1 is 1.06 bits per heavy atom. The molecular formula is C28H44O3. The van der Waals surface area contributed by atoms with E-state index in [9.17, 15) is 14.4 Å². The number of fused-ring (bicyclic) bond motifs is 1. The SMILES string of the molecule is CCC.CCCC(CC1CC(=O)c2c(ccc(CC)c2C)C1)C(CC)C(=O)CC(C)=O. The highest BCUT2D eigenvalue weighted by Crippen LogP contribution is 2.37. The summed E-state index contributed by atoms with van der Waals surface area (Å²) in [6.07, 6.45) is 7.41. The topological polar surface area (TPSA) is 51.2 Å². The standard InChI is InChI=1S/C25H36O3.C3H8/c1-6-9-20(22(8-3)23(27)12-16(4)26)13-18-14-21-11-10-19(7-2)17(5)25(21)24(28)15-18;1-3-2/h10-11,18,20,22H,6-9,12-15H2,1-5H3;3H2,1-2H3. The van der Waals surface area contributed by atoms with Gasteiger partial charge in [0.1, 0.15) is 11.6 Å². The van der Waals surface area contributed by atoms with Crippen LogP contribution in [0.1, 0.15) is 114 Å². The Kier molecular flexibility index (Phi) is 12.0. The van der Waals surface area contributed by atoms with Crippen molar-refractivity contribution in [3.63, 3.8) is 0 Å². The molecule has 31 heavy (non-hydrogen) atoms. The first kappa shape index (κ1) is 27.3. The van der Waals surface area contributed by atoms with Crippen molar-refractivity contribution in [1.29, 1.82) is 0 Å². The van der Waals surface area contributed by atoms with E-state index in [1.54, 1.807) is 0 Å². The minimum Gasteiger partial charge on any atom is -0.300 e. The van der Waals surface area contributed by atoms with Crippen LogP contribution >= 0.6 is 0 Å². The average Bonchev–Trinajstić information content (AvgIpc) is 2.68. The summed E-state index contributed by atoms with van der Waals surface area (Å²) >= 11 is 0. The molecule has 0 saturated heterocycles. The maximum absolute atomic E-state index is 12.9. The molecule has 0 saturated carbocycles. The van der Waals surface area contributed by atoms with Gasteiger partial charge in [0.15, 0.2) is 5.78 Å². The van der Waals surface area contributed by atoms with E-state index in [-0.39, 0.29) is 35.6 Å². The van der Waals surface area contributed by atoms with Crippen molar-refractivity contribution in [3.8, 4) is 0 Å². The molecule has 1 aliphatic carbocycles. The number of aryl methyl sites for hydroxylation is 1. The number of carbonyl (C=O) groups is 3. The third-order valence-corrected chi connectivity index (χ3v) is 6.45. The van der Waals surface area contributed by atoms with E-state index in [2.05, 4.69) is 46.8 Å². The van der Waals surface area contributed by atoms with Crippen LogP contribution < -0.4 is 0 Å². The quantitative estimate of drug-likeness (QED) is 0.373. The highest BCUT2D eigenvalue weighted by Gasteiger charge is 2.33. The predicted molar refractivity (Wildman–Crippen MR) is 130 cm³/mol. The van der Waals surface area contributed by atoms with Crippen LogP contribution in [0.5, 0.6) is 0 Å². The summed E-state index contributed by atoms with van der Waals surface area (Å²) < 4.78 is 0. The van der Waals surface area contributed by atoms with E-state index < -0.39 is 0 Å². The van der Waals surface area contributed by atoms with Crippen molar-refractivity contribution < 1.29 is 14.4 Å². The predicted octanol–water partition coefficient (Wildman–Crippen LogP) is 7.10. The maximum Gasteiger partial charge on any atom is 0.163 e. The third kappa shape index (κ3) is 7.70. The highest BCUT2D eigenvalue weighted by atomic mass is 16.1. The fraction of sp³-hybridized carbons (Fsp3) is 0.679. The molecule has 0 aliphatic heterocycles. The van der Waals surface area contributed by atoms with Gasteiger partial charge >= 0.3 is 0 Å². The lowest BCUT2D eigenvalue weighted by atomic mass is 9.72. The Bertz CT molecular complexity index is 747. The molecule has 3 nitrogen and oxygen atoms in total. The highest BCUT2D eigenvalue weighted by molar-refractivity contribution is 6.00. The van der Waals surface area contributed by atoms with Crippen LogP contribution in [0.25, 0.3) is 0 Å². The first-order valence-corrected chi connectivity index (χ1v) is 12.4. The Hall–Kier alpha value is -1.77. The minimum absolute atomic E-state index is 0.0458. The summed E-state index contributed by atoms with van der Waals surface area (Å²) in [5.41, 5.74) is 4.53. The molecule has 0 bridgehead atoms. The first-order chi connectivity index (χ1) is 14.7. The number of hydrogen-bond acceptors (Lipinski definition) is 3. The second kappa shape index (κ2) is 13.6. The summed E-state index contributed by atoms with van der Waals surface area (Å²) in [5.74, 6) is 0.781. The van der Waals surface area contributed by atoms with E-state index >= 15 is 0 Å². The van der Waals surface area contributed by atoms with E-state index in [1.807, 2.05) is 6.92 Å². The maximum atomic E-state index is 12.9. The summed E-state index contributed by atoms with van der Waals surface area (Å²) in [7, 11) is 0. The lowest BCUT2D eigenvalue weighted by Crippen LogP contribution is -2.30. The Morgan fingerprint density at radius 2 is 1.71 bits per heavy atom. The smallest absolute Gasteiger partial charge is 0.163 e. The van der Waals surface area contributed by atoms with Crippen LogP contribution in [0.2, 0.25) is 0 Å². The zero-order valence-electron chi connectivity index (χ0n) is 21.0. The Labute approximate surface area is 190 Å².